The maximum atomic E-state index is 12.6. The summed E-state index contributed by atoms with van der Waals surface area (Å²) in [6, 6.07) is 9.39. The van der Waals surface area contributed by atoms with Crippen LogP contribution in [0.15, 0.2) is 30.3 Å². The second-order valence-corrected chi connectivity index (χ2v) is 5.17. The molecule has 0 unspecified atom stereocenters. The van der Waals surface area contributed by atoms with Crippen LogP contribution in [0.1, 0.15) is 18.6 Å². The number of methoxy groups -OCH3 is 1. The number of hydrogen-bond acceptors (Lipinski definition) is 3. The largest absolute Gasteiger partial charge is 0.367 e. The summed E-state index contributed by atoms with van der Waals surface area (Å²) in [4.78, 5) is 27.9. The van der Waals surface area contributed by atoms with Crippen molar-refractivity contribution < 1.29 is 14.3 Å². The van der Waals surface area contributed by atoms with Crippen LogP contribution in [-0.2, 0) is 9.53 Å². The first-order chi connectivity index (χ1) is 10.7. The fourth-order valence-electron chi connectivity index (χ4n) is 2.57. The third-order valence-corrected chi connectivity index (χ3v) is 3.77. The quantitative estimate of drug-likeness (QED) is 0.910. The van der Waals surface area contributed by atoms with E-state index in [2.05, 4.69) is 5.32 Å². The smallest absolute Gasteiger partial charge is 0.317 e. The van der Waals surface area contributed by atoms with Crippen molar-refractivity contribution in [3.8, 4) is 0 Å². The Labute approximate surface area is 131 Å². The summed E-state index contributed by atoms with van der Waals surface area (Å²) in [5, 5.41) is 2.78. The monoisotopic (exact) mass is 305 g/mol. The van der Waals surface area contributed by atoms with Crippen molar-refractivity contribution in [2.75, 3.05) is 39.8 Å². The number of amides is 3. The number of carbonyl (C=O) groups is 2. The van der Waals surface area contributed by atoms with Crippen molar-refractivity contribution in [2.24, 2.45) is 0 Å². The summed E-state index contributed by atoms with van der Waals surface area (Å²) in [5.41, 5.74) is 0.848. The molecule has 1 aliphatic heterocycles. The minimum atomic E-state index is -0.586. The second kappa shape index (κ2) is 7.79. The van der Waals surface area contributed by atoms with Gasteiger partial charge in [0.25, 0.3) is 5.91 Å². The summed E-state index contributed by atoms with van der Waals surface area (Å²) in [6.45, 7) is 4.65. The molecule has 6 nitrogen and oxygen atoms in total. The number of piperazine rings is 1. The van der Waals surface area contributed by atoms with Crippen molar-refractivity contribution >= 4 is 11.9 Å². The van der Waals surface area contributed by atoms with Crippen molar-refractivity contribution in [3.05, 3.63) is 35.9 Å². The zero-order valence-electron chi connectivity index (χ0n) is 13.1. The van der Waals surface area contributed by atoms with Crippen molar-refractivity contribution in [1.82, 2.24) is 15.1 Å². The van der Waals surface area contributed by atoms with Gasteiger partial charge in [-0.1, -0.05) is 30.3 Å². The first kappa shape index (κ1) is 16.3. The number of carbonyl (C=O) groups excluding carboxylic acids is 2. The number of hydrogen-bond donors (Lipinski definition) is 1. The predicted octanol–water partition coefficient (Wildman–Crippen LogP) is 1.25. The van der Waals surface area contributed by atoms with Crippen LogP contribution >= 0.6 is 0 Å². The van der Waals surface area contributed by atoms with Gasteiger partial charge in [0.05, 0.1) is 0 Å². The highest BCUT2D eigenvalue weighted by Crippen LogP contribution is 2.20. The molecule has 0 spiro atoms. The van der Waals surface area contributed by atoms with E-state index in [1.165, 1.54) is 0 Å². The lowest BCUT2D eigenvalue weighted by atomic mass is 10.1. The SMILES string of the molecule is CCNC(=O)N1CCN(C(=O)[C@@H](OC)c2ccccc2)CC1. The van der Waals surface area contributed by atoms with Crippen LogP contribution in [0, 0.1) is 0 Å². The van der Waals surface area contributed by atoms with Gasteiger partial charge >= 0.3 is 6.03 Å². The summed E-state index contributed by atoms with van der Waals surface area (Å²) in [7, 11) is 1.54. The normalized spacial score (nSPS) is 16.3. The van der Waals surface area contributed by atoms with E-state index in [-0.39, 0.29) is 11.9 Å². The summed E-state index contributed by atoms with van der Waals surface area (Å²) >= 11 is 0. The molecule has 1 atom stereocenters. The fraction of sp³-hybridized carbons (Fsp3) is 0.500. The molecule has 0 aromatic heterocycles. The van der Waals surface area contributed by atoms with E-state index >= 15 is 0 Å². The molecule has 1 fully saturated rings. The maximum Gasteiger partial charge on any atom is 0.317 e. The van der Waals surface area contributed by atoms with Crippen LogP contribution in [0.5, 0.6) is 0 Å². The molecule has 3 amide bonds. The topological polar surface area (TPSA) is 61.9 Å². The van der Waals surface area contributed by atoms with E-state index in [9.17, 15) is 9.59 Å². The van der Waals surface area contributed by atoms with Gasteiger partial charge in [0.1, 0.15) is 0 Å². The molecule has 22 heavy (non-hydrogen) atoms. The van der Waals surface area contributed by atoms with Gasteiger partial charge in [-0.3, -0.25) is 4.79 Å². The molecule has 1 N–H and O–H groups in total. The molecule has 2 rings (SSSR count). The van der Waals surface area contributed by atoms with Crippen LogP contribution in [0.3, 0.4) is 0 Å². The molecule has 0 aliphatic carbocycles. The molecule has 1 aliphatic rings. The molecule has 1 aromatic carbocycles. The minimum Gasteiger partial charge on any atom is -0.367 e. The number of rotatable bonds is 4. The Hall–Kier alpha value is -2.08. The van der Waals surface area contributed by atoms with Crippen molar-refractivity contribution in [3.63, 3.8) is 0 Å². The van der Waals surface area contributed by atoms with E-state index in [0.717, 1.165) is 5.56 Å². The van der Waals surface area contributed by atoms with Crippen LogP contribution in [0.25, 0.3) is 0 Å². The van der Waals surface area contributed by atoms with Gasteiger partial charge in [-0.15, -0.1) is 0 Å². The Morgan fingerprint density at radius 3 is 2.27 bits per heavy atom. The van der Waals surface area contributed by atoms with Gasteiger partial charge in [0, 0.05) is 39.8 Å². The van der Waals surface area contributed by atoms with E-state index < -0.39 is 6.10 Å². The Kier molecular flexibility index (Phi) is 5.77. The molecule has 1 heterocycles. The Bertz CT molecular complexity index is 499. The van der Waals surface area contributed by atoms with Gasteiger partial charge in [-0.2, -0.15) is 0 Å². The van der Waals surface area contributed by atoms with E-state index in [1.807, 2.05) is 37.3 Å². The first-order valence-corrected chi connectivity index (χ1v) is 7.56. The van der Waals surface area contributed by atoms with E-state index in [1.54, 1.807) is 16.9 Å². The molecule has 0 bridgehead atoms. The molecule has 0 radical (unpaired) electrons. The van der Waals surface area contributed by atoms with Gasteiger partial charge in [0.2, 0.25) is 0 Å². The zero-order valence-corrected chi connectivity index (χ0v) is 13.1. The number of ether oxygens (including phenoxy) is 1. The summed E-state index contributed by atoms with van der Waals surface area (Å²) in [5.74, 6) is -0.0516. The molecule has 6 heteroatoms. The Morgan fingerprint density at radius 2 is 1.73 bits per heavy atom. The highest BCUT2D eigenvalue weighted by atomic mass is 16.5. The molecule has 120 valence electrons. The Balaban J connectivity index is 1.95. The van der Waals surface area contributed by atoms with E-state index in [4.69, 9.17) is 4.74 Å². The Morgan fingerprint density at radius 1 is 1.14 bits per heavy atom. The van der Waals surface area contributed by atoms with Crippen LogP contribution < -0.4 is 5.32 Å². The first-order valence-electron chi connectivity index (χ1n) is 7.56. The standard InChI is InChI=1S/C16H23N3O3/c1-3-17-16(21)19-11-9-18(10-12-19)15(20)14(22-2)13-7-5-4-6-8-13/h4-8,14H,3,9-12H2,1-2H3,(H,17,21)/t14-/m0/s1. The third-order valence-electron chi connectivity index (χ3n) is 3.77. The minimum absolute atomic E-state index is 0.0516. The lowest BCUT2D eigenvalue weighted by molar-refractivity contribution is -0.143. The molecular formula is C16H23N3O3. The van der Waals surface area contributed by atoms with Gasteiger partial charge in [0.15, 0.2) is 6.10 Å². The number of nitrogens with zero attached hydrogens (tertiary/aromatic N) is 2. The maximum absolute atomic E-state index is 12.6. The van der Waals surface area contributed by atoms with E-state index in [0.29, 0.717) is 32.7 Å². The highest BCUT2D eigenvalue weighted by molar-refractivity contribution is 5.83. The van der Waals surface area contributed by atoms with Crippen molar-refractivity contribution in [1.29, 1.82) is 0 Å². The third kappa shape index (κ3) is 3.76. The lowest BCUT2D eigenvalue weighted by Gasteiger charge is -2.36. The van der Waals surface area contributed by atoms with Gasteiger partial charge in [-0.05, 0) is 12.5 Å². The lowest BCUT2D eigenvalue weighted by Crippen LogP contribution is -2.54. The molecule has 1 aromatic rings. The zero-order chi connectivity index (χ0) is 15.9. The van der Waals surface area contributed by atoms with Crippen LogP contribution in [-0.4, -0.2) is 61.6 Å². The van der Waals surface area contributed by atoms with Gasteiger partial charge in [-0.25, -0.2) is 4.79 Å². The summed E-state index contributed by atoms with van der Waals surface area (Å²) < 4.78 is 5.38. The second-order valence-electron chi connectivity index (χ2n) is 5.17. The number of nitrogens with one attached hydrogen (secondary N) is 1. The summed E-state index contributed by atoms with van der Waals surface area (Å²) in [6.07, 6.45) is -0.586. The number of urea groups is 1. The fourth-order valence-corrected chi connectivity index (χ4v) is 2.57. The average Bonchev–Trinajstić information content (AvgIpc) is 2.57. The molecule has 1 saturated heterocycles. The number of benzene rings is 1. The molecule has 0 saturated carbocycles. The highest BCUT2D eigenvalue weighted by Gasteiger charge is 2.29. The van der Waals surface area contributed by atoms with Crippen LogP contribution in [0.2, 0.25) is 0 Å². The van der Waals surface area contributed by atoms with Crippen molar-refractivity contribution in [2.45, 2.75) is 13.0 Å². The van der Waals surface area contributed by atoms with Gasteiger partial charge < -0.3 is 19.9 Å². The predicted molar refractivity (Wildman–Crippen MR) is 83.4 cm³/mol. The van der Waals surface area contributed by atoms with Crippen LogP contribution in [0.4, 0.5) is 4.79 Å². The average molecular weight is 305 g/mol. The molecular weight excluding hydrogens is 282 g/mol.